The molecule has 0 aliphatic heterocycles. The third kappa shape index (κ3) is 3.79. The second-order valence-corrected chi connectivity index (χ2v) is 6.76. The van der Waals surface area contributed by atoms with Gasteiger partial charge in [0.2, 0.25) is 0 Å². The van der Waals surface area contributed by atoms with Gasteiger partial charge in [-0.2, -0.15) is 0 Å². The first-order valence-corrected chi connectivity index (χ1v) is 8.66. The van der Waals surface area contributed by atoms with Gasteiger partial charge in [-0.1, -0.05) is 42.9 Å². The van der Waals surface area contributed by atoms with Gasteiger partial charge in [-0.25, -0.2) is 0 Å². The fourth-order valence-electron chi connectivity index (χ4n) is 1.85. The molecule has 108 valence electrons. The monoisotopic (exact) mass is 373 g/mol. The van der Waals surface area contributed by atoms with Crippen molar-refractivity contribution in [3.63, 3.8) is 0 Å². The quantitative estimate of drug-likeness (QED) is 0.767. The molecule has 0 spiro atoms. The first-order chi connectivity index (χ1) is 9.65. The average molecular weight is 375 g/mol. The van der Waals surface area contributed by atoms with E-state index >= 15 is 0 Å². The molecule has 0 aliphatic rings. The van der Waals surface area contributed by atoms with Crippen LogP contribution < -0.4 is 5.32 Å². The topological polar surface area (TPSA) is 37.8 Å². The van der Waals surface area contributed by atoms with Crippen molar-refractivity contribution < 1.29 is 0 Å². The average Bonchev–Trinajstić information content (AvgIpc) is 2.92. The molecule has 2 aromatic rings. The van der Waals surface area contributed by atoms with Crippen molar-refractivity contribution in [2.24, 2.45) is 0 Å². The fraction of sp³-hybridized carbons (Fsp3) is 0.429. The van der Waals surface area contributed by atoms with Crippen molar-refractivity contribution in [3.8, 4) is 10.6 Å². The molecule has 0 saturated heterocycles. The van der Waals surface area contributed by atoms with Crippen LogP contribution in [0, 0.1) is 0 Å². The third-order valence-electron chi connectivity index (χ3n) is 2.95. The highest BCUT2D eigenvalue weighted by molar-refractivity contribution is 9.10. The summed E-state index contributed by atoms with van der Waals surface area (Å²) in [6.07, 6.45) is 2.13. The van der Waals surface area contributed by atoms with Crippen LogP contribution in [0.4, 0.5) is 0 Å². The summed E-state index contributed by atoms with van der Waals surface area (Å²) in [7, 11) is 0. The lowest BCUT2D eigenvalue weighted by molar-refractivity contribution is 0.513. The number of nitrogens with one attached hydrogen (secondary N) is 1. The van der Waals surface area contributed by atoms with Gasteiger partial charge in [0.25, 0.3) is 0 Å². The number of hydrogen-bond acceptors (Lipinski definition) is 4. The zero-order chi connectivity index (χ0) is 14.5. The highest BCUT2D eigenvalue weighted by Gasteiger charge is 2.15. The van der Waals surface area contributed by atoms with Crippen LogP contribution >= 0.6 is 38.9 Å². The highest BCUT2D eigenvalue weighted by atomic mass is 79.9. The Morgan fingerprint density at radius 1 is 1.35 bits per heavy atom. The van der Waals surface area contributed by atoms with Crippen molar-refractivity contribution in [2.75, 3.05) is 6.54 Å². The molecule has 0 aliphatic carbocycles. The number of rotatable bonds is 6. The van der Waals surface area contributed by atoms with Gasteiger partial charge in [0, 0.05) is 10.0 Å². The molecule has 0 amide bonds. The van der Waals surface area contributed by atoms with Gasteiger partial charge in [0.1, 0.15) is 10.0 Å². The number of benzene rings is 1. The Morgan fingerprint density at radius 2 is 2.15 bits per heavy atom. The molecule has 1 N–H and O–H groups in total. The highest BCUT2D eigenvalue weighted by Crippen LogP contribution is 2.32. The van der Waals surface area contributed by atoms with E-state index in [2.05, 4.69) is 45.3 Å². The second kappa shape index (κ2) is 7.50. The minimum Gasteiger partial charge on any atom is -0.308 e. The third-order valence-corrected chi connectivity index (χ3v) is 5.27. The maximum Gasteiger partial charge on any atom is 0.147 e. The van der Waals surface area contributed by atoms with Crippen molar-refractivity contribution in [2.45, 2.75) is 32.7 Å². The van der Waals surface area contributed by atoms with Crippen LogP contribution in [0.1, 0.15) is 37.7 Å². The van der Waals surface area contributed by atoms with Crippen molar-refractivity contribution in [1.82, 2.24) is 15.5 Å². The van der Waals surface area contributed by atoms with Gasteiger partial charge in [-0.05, 0) is 47.4 Å². The molecule has 2 rings (SSSR count). The first kappa shape index (κ1) is 15.9. The molecule has 1 heterocycles. The van der Waals surface area contributed by atoms with Crippen LogP contribution in [-0.4, -0.2) is 16.7 Å². The summed E-state index contributed by atoms with van der Waals surface area (Å²) in [6.45, 7) is 5.32. The largest absolute Gasteiger partial charge is 0.308 e. The lowest BCUT2D eigenvalue weighted by Gasteiger charge is -2.12. The Morgan fingerprint density at radius 3 is 2.80 bits per heavy atom. The standard InChI is InChI=1S/C14H17BrClN3S/c1-3-7-17-12(4-2)14-19-18-13(20-14)9-5-6-10(15)11(16)8-9/h5-6,8,12,17H,3-4,7H2,1-2H3. The van der Waals surface area contributed by atoms with E-state index in [4.69, 9.17) is 11.6 Å². The van der Waals surface area contributed by atoms with Crippen LogP contribution in [0.5, 0.6) is 0 Å². The van der Waals surface area contributed by atoms with Crippen LogP contribution in [0.15, 0.2) is 22.7 Å². The molecule has 3 nitrogen and oxygen atoms in total. The summed E-state index contributed by atoms with van der Waals surface area (Å²) in [6, 6.07) is 6.13. The lowest BCUT2D eigenvalue weighted by Crippen LogP contribution is -2.21. The number of nitrogens with zero attached hydrogens (tertiary/aromatic N) is 2. The van der Waals surface area contributed by atoms with E-state index in [-0.39, 0.29) is 6.04 Å². The van der Waals surface area contributed by atoms with Crippen LogP contribution in [0.3, 0.4) is 0 Å². The minimum atomic E-state index is 0.284. The number of aromatic nitrogens is 2. The predicted octanol–water partition coefficient (Wildman–Crippen LogP) is 5.07. The van der Waals surface area contributed by atoms with E-state index in [0.29, 0.717) is 5.02 Å². The molecular weight excluding hydrogens is 358 g/mol. The van der Waals surface area contributed by atoms with E-state index in [0.717, 1.165) is 39.4 Å². The Kier molecular flexibility index (Phi) is 5.96. The Bertz CT molecular complexity index is 573. The van der Waals surface area contributed by atoms with Crippen LogP contribution in [0.2, 0.25) is 5.02 Å². The van der Waals surface area contributed by atoms with Crippen molar-refractivity contribution in [3.05, 3.63) is 32.7 Å². The van der Waals surface area contributed by atoms with E-state index in [1.807, 2.05) is 18.2 Å². The molecule has 1 aromatic carbocycles. The molecule has 6 heteroatoms. The minimum absolute atomic E-state index is 0.284. The zero-order valence-electron chi connectivity index (χ0n) is 11.5. The van der Waals surface area contributed by atoms with Gasteiger partial charge in [-0.15, -0.1) is 10.2 Å². The van der Waals surface area contributed by atoms with Gasteiger partial charge >= 0.3 is 0 Å². The lowest BCUT2D eigenvalue weighted by atomic mass is 10.2. The molecule has 20 heavy (non-hydrogen) atoms. The molecule has 1 atom stereocenters. The Hall–Kier alpha value is -0.490. The van der Waals surface area contributed by atoms with Gasteiger partial charge < -0.3 is 5.32 Å². The van der Waals surface area contributed by atoms with Gasteiger partial charge in [0.05, 0.1) is 11.1 Å². The molecular formula is C14H17BrClN3S. The molecule has 0 bridgehead atoms. The van der Waals surface area contributed by atoms with E-state index in [1.165, 1.54) is 0 Å². The number of hydrogen-bond donors (Lipinski definition) is 1. The predicted molar refractivity (Wildman–Crippen MR) is 89.4 cm³/mol. The fourth-order valence-corrected chi connectivity index (χ4v) is 3.27. The summed E-state index contributed by atoms with van der Waals surface area (Å²) >= 11 is 11.1. The number of halogens is 2. The molecule has 0 fully saturated rings. The Labute approximate surface area is 136 Å². The second-order valence-electron chi connectivity index (χ2n) is 4.49. The molecule has 0 radical (unpaired) electrons. The zero-order valence-corrected chi connectivity index (χ0v) is 14.6. The van der Waals surface area contributed by atoms with E-state index in [1.54, 1.807) is 11.3 Å². The summed E-state index contributed by atoms with van der Waals surface area (Å²) < 4.78 is 0.892. The summed E-state index contributed by atoms with van der Waals surface area (Å²) in [4.78, 5) is 0. The van der Waals surface area contributed by atoms with E-state index < -0.39 is 0 Å². The molecule has 0 saturated carbocycles. The maximum absolute atomic E-state index is 6.13. The van der Waals surface area contributed by atoms with Crippen molar-refractivity contribution in [1.29, 1.82) is 0 Å². The van der Waals surface area contributed by atoms with Crippen molar-refractivity contribution >= 4 is 38.9 Å². The Balaban J connectivity index is 2.20. The van der Waals surface area contributed by atoms with Crippen LogP contribution in [0.25, 0.3) is 10.6 Å². The SMILES string of the molecule is CCCNC(CC)c1nnc(-c2ccc(Br)c(Cl)c2)s1. The summed E-state index contributed by atoms with van der Waals surface area (Å²) in [5.41, 5.74) is 1.01. The smallest absolute Gasteiger partial charge is 0.147 e. The van der Waals surface area contributed by atoms with Gasteiger partial charge in [0.15, 0.2) is 0 Å². The summed E-state index contributed by atoms with van der Waals surface area (Å²) in [5.74, 6) is 0. The van der Waals surface area contributed by atoms with Gasteiger partial charge in [-0.3, -0.25) is 0 Å². The normalized spacial score (nSPS) is 12.6. The molecule has 1 aromatic heterocycles. The first-order valence-electron chi connectivity index (χ1n) is 6.67. The van der Waals surface area contributed by atoms with E-state index in [9.17, 15) is 0 Å². The molecule has 1 unspecified atom stereocenters. The summed E-state index contributed by atoms with van der Waals surface area (Å²) in [5, 5.41) is 14.7. The van der Waals surface area contributed by atoms with Crippen LogP contribution in [-0.2, 0) is 0 Å². The maximum atomic E-state index is 6.13.